The van der Waals surface area contributed by atoms with Crippen LogP contribution in [0.15, 0.2) is 38.1 Å². The summed E-state index contributed by atoms with van der Waals surface area (Å²) in [5.41, 5.74) is -0.897. The highest BCUT2D eigenvalue weighted by Gasteiger charge is 2.34. The lowest BCUT2D eigenvalue weighted by molar-refractivity contribution is 0.317. The fourth-order valence-corrected chi connectivity index (χ4v) is 6.30. The van der Waals surface area contributed by atoms with Crippen molar-refractivity contribution in [2.24, 2.45) is 0 Å². The molecule has 35 heavy (non-hydrogen) atoms. The van der Waals surface area contributed by atoms with Crippen molar-refractivity contribution < 1.29 is 20.1 Å². The van der Waals surface area contributed by atoms with Gasteiger partial charge in [0.25, 0.3) is 11.1 Å². The van der Waals surface area contributed by atoms with E-state index in [2.05, 4.69) is 9.97 Å². The summed E-state index contributed by atoms with van der Waals surface area (Å²) in [5, 5.41) is 33.0. The first-order valence-corrected chi connectivity index (χ1v) is 13.3. The SMILES string of the molecule is CCOc1cc(C(c2c(O)nc3n(c2=O)CCCS3)c2c(O)nc3n(c2=O)CCCS3)ccc1O. The largest absolute Gasteiger partial charge is 0.504 e. The average molecular weight is 517 g/mol. The summed E-state index contributed by atoms with van der Waals surface area (Å²) >= 11 is 2.75. The van der Waals surface area contributed by atoms with Gasteiger partial charge in [0, 0.05) is 24.6 Å². The molecule has 0 radical (unpaired) electrons. The molecule has 0 aliphatic carbocycles. The Kier molecular flexibility index (Phi) is 6.41. The predicted molar refractivity (Wildman–Crippen MR) is 131 cm³/mol. The molecule has 0 amide bonds. The molecule has 0 atom stereocenters. The Hall–Kier alpha value is -3.12. The molecule has 2 aromatic heterocycles. The van der Waals surface area contributed by atoms with E-state index in [0.29, 0.717) is 29.0 Å². The first-order valence-electron chi connectivity index (χ1n) is 11.3. The highest BCUT2D eigenvalue weighted by Crippen LogP contribution is 2.40. The number of ether oxygens (including phenoxy) is 1. The van der Waals surface area contributed by atoms with Crippen LogP contribution in [-0.4, -0.2) is 52.5 Å². The van der Waals surface area contributed by atoms with Gasteiger partial charge in [0.2, 0.25) is 11.8 Å². The predicted octanol–water partition coefficient (Wildman–Crippen LogP) is 2.49. The lowest BCUT2D eigenvalue weighted by Crippen LogP contribution is -2.35. The molecule has 1 aromatic carbocycles. The van der Waals surface area contributed by atoms with Crippen molar-refractivity contribution in [3.63, 3.8) is 0 Å². The summed E-state index contributed by atoms with van der Waals surface area (Å²) in [6.07, 6.45) is 1.51. The molecule has 0 saturated heterocycles. The molecule has 0 bridgehead atoms. The summed E-state index contributed by atoms with van der Waals surface area (Å²) in [5.74, 6) is -0.625. The zero-order chi connectivity index (χ0) is 24.7. The van der Waals surface area contributed by atoms with Crippen molar-refractivity contribution in [2.75, 3.05) is 18.1 Å². The molecule has 3 N–H and O–H groups in total. The van der Waals surface area contributed by atoms with Crippen LogP contribution in [0, 0.1) is 0 Å². The van der Waals surface area contributed by atoms with Gasteiger partial charge in [0.1, 0.15) is 0 Å². The molecule has 0 unspecified atom stereocenters. The van der Waals surface area contributed by atoms with E-state index < -0.39 is 28.8 Å². The Balaban J connectivity index is 1.82. The van der Waals surface area contributed by atoms with Gasteiger partial charge in [-0.1, -0.05) is 29.6 Å². The molecule has 4 heterocycles. The second-order valence-electron chi connectivity index (χ2n) is 8.17. The Morgan fingerprint density at radius 2 is 1.49 bits per heavy atom. The molecule has 10 nitrogen and oxygen atoms in total. The van der Waals surface area contributed by atoms with Crippen LogP contribution in [0.1, 0.15) is 42.4 Å². The minimum atomic E-state index is -1.19. The van der Waals surface area contributed by atoms with Crippen LogP contribution in [0.4, 0.5) is 0 Å². The highest BCUT2D eigenvalue weighted by molar-refractivity contribution is 7.99. The van der Waals surface area contributed by atoms with Gasteiger partial charge in [-0.3, -0.25) is 18.7 Å². The first kappa shape index (κ1) is 23.6. The molecule has 0 spiro atoms. The number of thioether (sulfide) groups is 2. The molecule has 2 aliphatic rings. The average Bonchev–Trinajstić information content (AvgIpc) is 2.84. The van der Waals surface area contributed by atoms with Crippen molar-refractivity contribution >= 4 is 23.5 Å². The zero-order valence-electron chi connectivity index (χ0n) is 18.9. The fourth-order valence-electron chi connectivity index (χ4n) is 4.43. The Morgan fingerprint density at radius 3 is 2.00 bits per heavy atom. The number of hydrogen-bond acceptors (Lipinski definition) is 10. The third-order valence-corrected chi connectivity index (χ3v) is 8.13. The standard InChI is InChI=1S/C23H24N4O6S2/c1-2-33-14-11-12(5-6-13(14)28)15(16-18(29)24-22-26(20(16)31)7-3-9-34-22)17-19(30)25-23-27(21(17)32)8-4-10-35-23/h5-6,11,15,28-30H,2-4,7-10H2,1H3. The van der Waals surface area contributed by atoms with Crippen LogP contribution >= 0.6 is 23.5 Å². The molecule has 0 fully saturated rings. The van der Waals surface area contributed by atoms with E-state index in [4.69, 9.17) is 4.74 Å². The quantitative estimate of drug-likeness (QED) is 0.433. The smallest absolute Gasteiger partial charge is 0.262 e. The van der Waals surface area contributed by atoms with Crippen molar-refractivity contribution in [2.45, 2.75) is 49.1 Å². The Labute approximate surface area is 208 Å². The summed E-state index contributed by atoms with van der Waals surface area (Å²) < 4.78 is 8.49. The van der Waals surface area contributed by atoms with Crippen molar-refractivity contribution in [3.8, 4) is 23.3 Å². The number of aromatic nitrogens is 4. The molecule has 5 rings (SSSR count). The summed E-state index contributed by atoms with van der Waals surface area (Å²) in [4.78, 5) is 35.8. The molecule has 12 heteroatoms. The van der Waals surface area contributed by atoms with E-state index in [1.807, 2.05) is 0 Å². The van der Waals surface area contributed by atoms with Crippen LogP contribution < -0.4 is 15.9 Å². The topological polar surface area (TPSA) is 140 Å². The van der Waals surface area contributed by atoms with E-state index in [9.17, 15) is 24.9 Å². The van der Waals surface area contributed by atoms with E-state index in [0.717, 1.165) is 24.3 Å². The monoisotopic (exact) mass is 516 g/mol. The summed E-state index contributed by atoms with van der Waals surface area (Å²) in [6, 6.07) is 4.41. The summed E-state index contributed by atoms with van der Waals surface area (Å²) in [6.45, 7) is 2.89. The van der Waals surface area contributed by atoms with Crippen LogP contribution in [-0.2, 0) is 13.1 Å². The van der Waals surface area contributed by atoms with Gasteiger partial charge >= 0.3 is 0 Å². The van der Waals surface area contributed by atoms with Gasteiger partial charge in [0.15, 0.2) is 21.8 Å². The summed E-state index contributed by atoms with van der Waals surface area (Å²) in [7, 11) is 0. The van der Waals surface area contributed by atoms with Gasteiger partial charge in [0.05, 0.1) is 23.7 Å². The maximum Gasteiger partial charge on any atom is 0.262 e. The van der Waals surface area contributed by atoms with Crippen LogP contribution in [0.5, 0.6) is 23.3 Å². The molecular formula is C23H24N4O6S2. The second kappa shape index (κ2) is 9.50. The number of nitrogens with zero attached hydrogens (tertiary/aromatic N) is 4. The number of hydrogen-bond donors (Lipinski definition) is 3. The third-order valence-electron chi connectivity index (χ3n) is 6.01. The number of aromatic hydroxyl groups is 3. The molecule has 3 aromatic rings. The number of rotatable bonds is 5. The maximum absolute atomic E-state index is 13.7. The van der Waals surface area contributed by atoms with Crippen molar-refractivity contribution in [3.05, 3.63) is 55.6 Å². The number of benzene rings is 1. The normalized spacial score (nSPS) is 15.0. The minimum Gasteiger partial charge on any atom is -0.504 e. The first-order chi connectivity index (χ1) is 16.9. The van der Waals surface area contributed by atoms with Crippen LogP contribution in [0.25, 0.3) is 0 Å². The Morgan fingerprint density at radius 1 is 0.943 bits per heavy atom. The lowest BCUT2D eigenvalue weighted by Gasteiger charge is -2.25. The van der Waals surface area contributed by atoms with E-state index in [1.165, 1.54) is 50.9 Å². The minimum absolute atomic E-state index is 0.115. The van der Waals surface area contributed by atoms with Crippen LogP contribution in [0.3, 0.4) is 0 Å². The molecule has 2 aliphatic heterocycles. The molecule has 184 valence electrons. The highest BCUT2D eigenvalue weighted by atomic mass is 32.2. The molecule has 0 saturated carbocycles. The van der Waals surface area contributed by atoms with Crippen LogP contribution in [0.2, 0.25) is 0 Å². The van der Waals surface area contributed by atoms with Gasteiger partial charge in [-0.2, -0.15) is 9.97 Å². The second-order valence-corrected chi connectivity index (χ2v) is 10.3. The number of phenolic OH excluding ortho intramolecular Hbond substituents is 1. The lowest BCUT2D eigenvalue weighted by atomic mass is 9.86. The van der Waals surface area contributed by atoms with Gasteiger partial charge in [-0.05, 0) is 37.5 Å². The van der Waals surface area contributed by atoms with Crippen molar-refractivity contribution in [1.82, 2.24) is 19.1 Å². The maximum atomic E-state index is 13.7. The number of phenols is 1. The zero-order valence-corrected chi connectivity index (χ0v) is 20.6. The number of fused-ring (bicyclic) bond motifs is 2. The third kappa shape index (κ3) is 4.14. The Bertz CT molecular complexity index is 1340. The van der Waals surface area contributed by atoms with Gasteiger partial charge < -0.3 is 20.1 Å². The van der Waals surface area contributed by atoms with Gasteiger partial charge in [-0.15, -0.1) is 0 Å². The van der Waals surface area contributed by atoms with E-state index in [-0.39, 0.29) is 29.2 Å². The fraction of sp³-hybridized carbons (Fsp3) is 0.391. The van der Waals surface area contributed by atoms with E-state index in [1.54, 1.807) is 6.92 Å². The van der Waals surface area contributed by atoms with E-state index >= 15 is 0 Å². The van der Waals surface area contributed by atoms with Gasteiger partial charge in [-0.25, -0.2) is 0 Å². The molecular weight excluding hydrogens is 492 g/mol. The van der Waals surface area contributed by atoms with Crippen molar-refractivity contribution in [1.29, 1.82) is 0 Å².